The highest BCUT2D eigenvalue weighted by molar-refractivity contribution is 8.27. The highest BCUT2D eigenvalue weighted by Gasteiger charge is 2.29. The van der Waals surface area contributed by atoms with Crippen LogP contribution in [-0.4, -0.2) is 32.8 Å². The smallest absolute Gasteiger partial charge is 0.270 e. The van der Waals surface area contributed by atoms with Crippen LogP contribution in [0.4, 0.5) is 16.5 Å². The third kappa shape index (κ3) is 5.67. The van der Waals surface area contributed by atoms with Crippen LogP contribution in [0.25, 0.3) is 10.2 Å². The average molecular weight is 504 g/mol. The lowest BCUT2D eigenvalue weighted by Crippen LogP contribution is -2.31. The number of nitrogens with one attached hydrogen (secondary N) is 2. The number of aliphatic imine (C=N–C) groups is 1. The molecule has 0 saturated carbocycles. The number of thiazole rings is 1. The Hall–Kier alpha value is -3.76. The zero-order chi connectivity index (χ0) is 24.2. The minimum Gasteiger partial charge on any atom is -0.361 e. The zero-order valence-electron chi connectivity index (χ0n) is 18.5. The fourth-order valence-electron chi connectivity index (χ4n) is 3.71. The van der Waals surface area contributed by atoms with Crippen molar-refractivity contribution in [2.75, 3.05) is 11.9 Å². The lowest BCUT2D eigenvalue weighted by molar-refractivity contribution is -0.384. The van der Waals surface area contributed by atoms with Gasteiger partial charge in [-0.05, 0) is 47.5 Å². The number of non-ortho nitro benzene ring substituents is 1. The van der Waals surface area contributed by atoms with E-state index >= 15 is 0 Å². The maximum Gasteiger partial charge on any atom is 0.270 e. The van der Waals surface area contributed by atoms with Gasteiger partial charge < -0.3 is 10.6 Å². The van der Waals surface area contributed by atoms with Crippen LogP contribution in [0, 0.1) is 10.1 Å². The molecule has 8 nitrogen and oxygen atoms in total. The van der Waals surface area contributed by atoms with Crippen molar-refractivity contribution in [1.82, 2.24) is 10.3 Å². The summed E-state index contributed by atoms with van der Waals surface area (Å²) in [5, 5.41) is 18.9. The summed E-state index contributed by atoms with van der Waals surface area (Å²) in [6.45, 7) is 0.683. The predicted octanol–water partition coefficient (Wildman–Crippen LogP) is 5.32. The third-order valence-electron chi connectivity index (χ3n) is 5.50. The van der Waals surface area contributed by atoms with Crippen LogP contribution in [0.5, 0.6) is 0 Å². The second-order valence-electron chi connectivity index (χ2n) is 8.00. The van der Waals surface area contributed by atoms with E-state index in [9.17, 15) is 14.9 Å². The summed E-state index contributed by atoms with van der Waals surface area (Å²) in [7, 11) is 0. The molecule has 2 N–H and O–H groups in total. The number of aromatic nitrogens is 1. The van der Waals surface area contributed by atoms with Crippen molar-refractivity contribution in [2.45, 2.75) is 18.9 Å². The van der Waals surface area contributed by atoms with Crippen LogP contribution in [0.3, 0.4) is 0 Å². The van der Waals surface area contributed by atoms with Gasteiger partial charge in [0.15, 0.2) is 10.3 Å². The van der Waals surface area contributed by atoms with Crippen LogP contribution in [0.1, 0.15) is 11.1 Å². The zero-order valence-corrected chi connectivity index (χ0v) is 20.1. The molecule has 0 spiro atoms. The first-order valence-corrected chi connectivity index (χ1v) is 12.7. The summed E-state index contributed by atoms with van der Waals surface area (Å²) >= 11 is 2.56. The van der Waals surface area contributed by atoms with Gasteiger partial charge >= 0.3 is 0 Å². The molecule has 2 heterocycles. The largest absolute Gasteiger partial charge is 0.361 e. The van der Waals surface area contributed by atoms with Crippen molar-refractivity contribution >= 4 is 60.1 Å². The molecule has 176 valence electrons. The second-order valence-corrected chi connectivity index (χ2v) is 10.0. The SMILES string of the molecule is O=C1S/C(=N\c2ccc(CCNc3nc4ccc([N+](=O)[O-])cc4s3)cc2)N[C@H]1Cc1ccccc1. The van der Waals surface area contributed by atoms with E-state index in [1.165, 1.54) is 17.4 Å². The van der Waals surface area contributed by atoms with E-state index in [1.54, 1.807) is 12.1 Å². The highest BCUT2D eigenvalue weighted by Crippen LogP contribution is 2.29. The van der Waals surface area contributed by atoms with Crippen molar-refractivity contribution in [2.24, 2.45) is 4.99 Å². The fourth-order valence-corrected chi connectivity index (χ4v) is 5.47. The number of nitro benzene ring substituents is 1. The van der Waals surface area contributed by atoms with E-state index in [2.05, 4.69) is 20.6 Å². The average Bonchev–Trinajstić information content (AvgIpc) is 3.42. The number of nitrogens with zero attached hydrogens (tertiary/aromatic N) is 3. The Morgan fingerprint density at radius 2 is 1.86 bits per heavy atom. The molecule has 1 aliphatic rings. The molecule has 0 aliphatic carbocycles. The van der Waals surface area contributed by atoms with E-state index < -0.39 is 4.92 Å². The van der Waals surface area contributed by atoms with Gasteiger partial charge in [0.25, 0.3) is 5.69 Å². The van der Waals surface area contributed by atoms with Crippen LogP contribution >= 0.6 is 23.1 Å². The molecular weight excluding hydrogens is 482 g/mol. The number of amidine groups is 1. The van der Waals surface area contributed by atoms with Crippen molar-refractivity contribution < 1.29 is 9.72 Å². The Morgan fingerprint density at radius 1 is 1.06 bits per heavy atom. The maximum atomic E-state index is 12.4. The lowest BCUT2D eigenvalue weighted by atomic mass is 10.1. The predicted molar refractivity (Wildman–Crippen MR) is 142 cm³/mol. The monoisotopic (exact) mass is 503 g/mol. The van der Waals surface area contributed by atoms with Gasteiger partial charge in [-0.3, -0.25) is 14.9 Å². The molecule has 1 saturated heterocycles. The summed E-state index contributed by atoms with van der Waals surface area (Å²) in [5.41, 5.74) is 3.86. The fraction of sp³-hybridized carbons (Fsp3) is 0.160. The minimum atomic E-state index is -0.400. The van der Waals surface area contributed by atoms with Crippen LogP contribution in [0.2, 0.25) is 0 Å². The van der Waals surface area contributed by atoms with E-state index in [-0.39, 0.29) is 16.8 Å². The summed E-state index contributed by atoms with van der Waals surface area (Å²) in [5.74, 6) is 0. The van der Waals surface area contributed by atoms with E-state index in [0.717, 1.165) is 50.3 Å². The number of fused-ring (bicyclic) bond motifs is 1. The van der Waals surface area contributed by atoms with Crippen LogP contribution in [-0.2, 0) is 17.6 Å². The highest BCUT2D eigenvalue weighted by atomic mass is 32.2. The van der Waals surface area contributed by atoms with E-state index in [4.69, 9.17) is 0 Å². The van der Waals surface area contributed by atoms with Gasteiger partial charge in [-0.2, -0.15) is 0 Å². The van der Waals surface area contributed by atoms with E-state index in [0.29, 0.717) is 18.1 Å². The third-order valence-corrected chi connectivity index (χ3v) is 7.37. The van der Waals surface area contributed by atoms with Crippen molar-refractivity contribution in [3.63, 3.8) is 0 Å². The number of carbonyl (C=O) groups excluding carboxylic acids is 1. The molecule has 1 fully saturated rings. The normalized spacial score (nSPS) is 16.5. The summed E-state index contributed by atoms with van der Waals surface area (Å²) in [6.07, 6.45) is 1.43. The molecule has 0 amide bonds. The van der Waals surface area contributed by atoms with Crippen molar-refractivity contribution in [1.29, 1.82) is 0 Å². The molecule has 10 heteroatoms. The van der Waals surface area contributed by atoms with Crippen LogP contribution in [0.15, 0.2) is 77.8 Å². The lowest BCUT2D eigenvalue weighted by Gasteiger charge is -2.08. The molecule has 0 radical (unpaired) electrons. The van der Waals surface area contributed by atoms with Gasteiger partial charge in [-0.1, -0.05) is 53.8 Å². The van der Waals surface area contributed by atoms with Gasteiger partial charge in [0, 0.05) is 25.1 Å². The van der Waals surface area contributed by atoms with E-state index in [1.807, 2.05) is 54.6 Å². The maximum absolute atomic E-state index is 12.4. The minimum absolute atomic E-state index is 0.0682. The summed E-state index contributed by atoms with van der Waals surface area (Å²) in [4.78, 5) is 32.0. The number of rotatable bonds is 8. The first-order valence-electron chi connectivity index (χ1n) is 11.0. The van der Waals surface area contributed by atoms with Gasteiger partial charge in [-0.15, -0.1) is 0 Å². The number of anilines is 1. The molecule has 35 heavy (non-hydrogen) atoms. The molecular formula is C25H21N5O3S2. The number of hydrogen-bond donors (Lipinski definition) is 2. The Bertz CT molecular complexity index is 1400. The van der Waals surface area contributed by atoms with Crippen molar-refractivity contribution in [3.05, 3.63) is 94.0 Å². The first-order chi connectivity index (χ1) is 17.0. The number of hydrogen-bond acceptors (Lipinski definition) is 8. The van der Waals surface area contributed by atoms with Crippen LogP contribution < -0.4 is 10.6 Å². The Morgan fingerprint density at radius 3 is 2.63 bits per heavy atom. The molecule has 5 rings (SSSR count). The number of thioether (sulfide) groups is 1. The molecule has 0 bridgehead atoms. The molecule has 3 aromatic carbocycles. The van der Waals surface area contributed by atoms with Gasteiger partial charge in [0.2, 0.25) is 5.12 Å². The molecule has 1 atom stereocenters. The topological polar surface area (TPSA) is 110 Å². The molecule has 1 aliphatic heterocycles. The standard InChI is InChI=1S/C25H21N5O3S2/c31-23-21(14-17-4-2-1-3-5-17)29-25(35-23)27-18-8-6-16(7-9-18)12-13-26-24-28-20-11-10-19(30(32)33)15-22(20)34-24/h1-11,15,21H,12-14H2,(H,26,28)(H,27,29)/t21-/m0/s1. The molecule has 1 aromatic heterocycles. The van der Waals surface area contributed by atoms with Gasteiger partial charge in [-0.25, -0.2) is 9.98 Å². The Labute approximate surface area is 209 Å². The van der Waals surface area contributed by atoms with Crippen molar-refractivity contribution in [3.8, 4) is 0 Å². The number of nitro groups is 1. The Balaban J connectivity index is 1.14. The second kappa shape index (κ2) is 10.2. The number of benzene rings is 3. The quantitative estimate of drug-likeness (QED) is 0.247. The summed E-state index contributed by atoms with van der Waals surface area (Å²) in [6, 6.07) is 22.3. The number of carbonyl (C=O) groups is 1. The molecule has 4 aromatic rings. The molecule has 0 unspecified atom stereocenters. The first kappa shape index (κ1) is 23.0. The van der Waals surface area contributed by atoms with Gasteiger partial charge in [0.05, 0.1) is 20.8 Å². The summed E-state index contributed by atoms with van der Waals surface area (Å²) < 4.78 is 0.785. The van der Waals surface area contributed by atoms with Gasteiger partial charge in [0.1, 0.15) is 6.04 Å². The Kier molecular flexibility index (Phi) is 6.73.